The fourth-order valence-electron chi connectivity index (χ4n) is 1.96. The van der Waals surface area contributed by atoms with Crippen molar-refractivity contribution < 1.29 is 22.0 Å². The van der Waals surface area contributed by atoms with Crippen molar-refractivity contribution in [1.29, 1.82) is 0 Å². The van der Waals surface area contributed by atoms with Gasteiger partial charge in [-0.2, -0.15) is 0 Å². The largest absolute Gasteiger partial charge is 0.335 e. The number of benzene rings is 1. The smallest absolute Gasteiger partial charge is 0.256 e. The zero-order chi connectivity index (χ0) is 15.7. The van der Waals surface area contributed by atoms with Gasteiger partial charge in [-0.3, -0.25) is 0 Å². The summed E-state index contributed by atoms with van der Waals surface area (Å²) in [5, 5.41) is 0. The Hall–Kier alpha value is -1.63. The third-order valence-corrected chi connectivity index (χ3v) is 3.59. The van der Waals surface area contributed by atoms with Crippen molar-refractivity contribution in [3.05, 3.63) is 64.1 Å². The summed E-state index contributed by atoms with van der Waals surface area (Å²) in [4.78, 5) is 0.980. The molecule has 0 bridgehead atoms. The molecule has 1 aliphatic rings. The van der Waals surface area contributed by atoms with Crippen LogP contribution in [0.4, 0.5) is 22.0 Å². The van der Waals surface area contributed by atoms with Crippen LogP contribution in [0.5, 0.6) is 0 Å². The topological polar surface area (TPSA) is 3.24 Å². The molecule has 0 radical (unpaired) electrons. The summed E-state index contributed by atoms with van der Waals surface area (Å²) >= 11 is 3.12. The molecule has 0 fully saturated rings. The van der Waals surface area contributed by atoms with Gasteiger partial charge in [0.15, 0.2) is 0 Å². The molecule has 1 aromatic carbocycles. The zero-order valence-corrected chi connectivity index (χ0v) is 12.1. The zero-order valence-electron chi connectivity index (χ0n) is 10.5. The monoisotopic (exact) mass is 365 g/mol. The molecule has 2 rings (SSSR count). The second-order valence-electron chi connectivity index (χ2n) is 4.26. The van der Waals surface area contributed by atoms with Crippen LogP contribution in [0.1, 0.15) is 5.56 Å². The summed E-state index contributed by atoms with van der Waals surface area (Å²) in [7, 11) is 0. The van der Waals surface area contributed by atoms with E-state index >= 15 is 0 Å². The molecule has 0 N–H and O–H groups in total. The van der Waals surface area contributed by atoms with E-state index in [1.807, 2.05) is 0 Å². The minimum Gasteiger partial charge on any atom is -0.335 e. The second kappa shape index (κ2) is 6.01. The van der Waals surface area contributed by atoms with Gasteiger partial charge in [-0.05, 0) is 28.1 Å². The number of hydrogen-bond donors (Lipinski definition) is 0. The molecular formula is C14H9BrF5N. The Bertz CT molecular complexity index is 628. The summed E-state index contributed by atoms with van der Waals surface area (Å²) in [6.07, 6.45) is -0.0438. The molecule has 112 valence electrons. The highest BCUT2D eigenvalue weighted by molar-refractivity contribution is 9.12. The minimum absolute atomic E-state index is 0.135. The standard InChI is InChI=1S/C14H9BrF5N/c1-7-9(15)2-3-12(21(7)6-13(19)20)14-10(17)4-8(16)5-11(14)18/h2-5,13H,1,6H2. The van der Waals surface area contributed by atoms with Crippen LogP contribution in [0.3, 0.4) is 0 Å². The first-order valence-corrected chi connectivity index (χ1v) is 6.58. The van der Waals surface area contributed by atoms with Crippen LogP contribution < -0.4 is 0 Å². The molecule has 7 heteroatoms. The molecule has 0 saturated carbocycles. The van der Waals surface area contributed by atoms with Crippen molar-refractivity contribution in [1.82, 2.24) is 4.90 Å². The second-order valence-corrected chi connectivity index (χ2v) is 5.11. The molecule has 0 aromatic heterocycles. The van der Waals surface area contributed by atoms with Crippen molar-refractivity contribution in [2.45, 2.75) is 6.43 Å². The van der Waals surface area contributed by atoms with Crippen LogP contribution in [0.2, 0.25) is 0 Å². The molecule has 0 unspecified atom stereocenters. The minimum atomic E-state index is -2.74. The normalized spacial score (nSPS) is 15.4. The van der Waals surface area contributed by atoms with Crippen LogP contribution in [-0.4, -0.2) is 17.9 Å². The van der Waals surface area contributed by atoms with Crippen molar-refractivity contribution >= 4 is 21.6 Å². The molecule has 21 heavy (non-hydrogen) atoms. The quantitative estimate of drug-likeness (QED) is 0.694. The Labute approximate surface area is 126 Å². The van der Waals surface area contributed by atoms with E-state index in [1.54, 1.807) is 0 Å². The summed E-state index contributed by atoms with van der Waals surface area (Å²) in [5.74, 6) is -3.42. The maximum atomic E-state index is 13.8. The number of hydrogen-bond acceptors (Lipinski definition) is 1. The molecule has 0 saturated heterocycles. The van der Waals surface area contributed by atoms with Gasteiger partial charge in [0.1, 0.15) is 17.5 Å². The molecular weight excluding hydrogens is 357 g/mol. The first kappa shape index (κ1) is 15.8. The van der Waals surface area contributed by atoms with E-state index in [-0.39, 0.29) is 11.4 Å². The molecule has 1 heterocycles. The summed E-state index contributed by atoms with van der Waals surface area (Å²) in [6, 6.07) is 0.992. The number of allylic oxidation sites excluding steroid dienone is 3. The van der Waals surface area contributed by atoms with E-state index in [2.05, 4.69) is 22.5 Å². The summed E-state index contributed by atoms with van der Waals surface area (Å²) < 4.78 is 66.4. The third-order valence-electron chi connectivity index (χ3n) is 2.86. The van der Waals surface area contributed by atoms with Crippen LogP contribution in [0.25, 0.3) is 5.70 Å². The van der Waals surface area contributed by atoms with E-state index in [0.29, 0.717) is 16.6 Å². The lowest BCUT2D eigenvalue weighted by Crippen LogP contribution is -2.29. The first-order chi connectivity index (χ1) is 9.81. The Morgan fingerprint density at radius 1 is 1.10 bits per heavy atom. The number of halogens is 6. The highest BCUT2D eigenvalue weighted by Crippen LogP contribution is 2.36. The Kier molecular flexibility index (Phi) is 4.51. The summed E-state index contributed by atoms with van der Waals surface area (Å²) in [6.45, 7) is 2.81. The molecule has 0 spiro atoms. The van der Waals surface area contributed by atoms with Gasteiger partial charge in [-0.1, -0.05) is 6.58 Å². The fraction of sp³-hybridized carbons (Fsp3) is 0.143. The molecule has 0 atom stereocenters. The predicted molar refractivity (Wildman–Crippen MR) is 73.2 cm³/mol. The Morgan fingerprint density at radius 2 is 1.67 bits per heavy atom. The predicted octanol–water partition coefficient (Wildman–Crippen LogP) is 4.82. The lowest BCUT2D eigenvalue weighted by molar-refractivity contribution is 0.123. The number of alkyl halides is 2. The number of nitrogens with zero attached hydrogens (tertiary/aromatic N) is 1. The van der Waals surface area contributed by atoms with Crippen molar-refractivity contribution in [3.8, 4) is 0 Å². The molecule has 1 aromatic rings. The van der Waals surface area contributed by atoms with E-state index in [4.69, 9.17) is 0 Å². The Balaban J connectivity index is 2.56. The average Bonchev–Trinajstić information content (AvgIpc) is 2.36. The van der Waals surface area contributed by atoms with E-state index in [1.165, 1.54) is 12.2 Å². The van der Waals surface area contributed by atoms with Gasteiger partial charge in [0.2, 0.25) is 0 Å². The van der Waals surface area contributed by atoms with Gasteiger partial charge in [0.05, 0.1) is 17.8 Å². The van der Waals surface area contributed by atoms with Gasteiger partial charge in [-0.15, -0.1) is 0 Å². The van der Waals surface area contributed by atoms with Gasteiger partial charge in [0.25, 0.3) is 6.43 Å². The van der Waals surface area contributed by atoms with Gasteiger partial charge in [-0.25, -0.2) is 22.0 Å². The van der Waals surface area contributed by atoms with Crippen LogP contribution in [0.15, 0.2) is 41.0 Å². The van der Waals surface area contributed by atoms with Gasteiger partial charge < -0.3 is 4.90 Å². The highest BCUT2D eigenvalue weighted by atomic mass is 79.9. The van der Waals surface area contributed by atoms with Gasteiger partial charge >= 0.3 is 0 Å². The SMILES string of the molecule is C=C1C(Br)=CC=C(c2c(F)cc(F)cc2F)N1CC(F)F. The van der Waals surface area contributed by atoms with Crippen LogP contribution >= 0.6 is 15.9 Å². The molecule has 1 nitrogen and oxygen atoms in total. The van der Waals surface area contributed by atoms with Crippen molar-refractivity contribution in [3.63, 3.8) is 0 Å². The van der Waals surface area contributed by atoms with Crippen molar-refractivity contribution in [2.24, 2.45) is 0 Å². The van der Waals surface area contributed by atoms with E-state index in [9.17, 15) is 22.0 Å². The third kappa shape index (κ3) is 3.18. The first-order valence-electron chi connectivity index (χ1n) is 5.78. The average molecular weight is 366 g/mol. The Morgan fingerprint density at radius 3 is 2.19 bits per heavy atom. The van der Waals surface area contributed by atoms with E-state index < -0.39 is 36.0 Å². The highest BCUT2D eigenvalue weighted by Gasteiger charge is 2.27. The van der Waals surface area contributed by atoms with Gasteiger partial charge in [0, 0.05) is 22.3 Å². The fourth-order valence-corrected chi connectivity index (χ4v) is 2.31. The molecule has 0 amide bonds. The maximum absolute atomic E-state index is 13.8. The van der Waals surface area contributed by atoms with E-state index in [0.717, 1.165) is 4.90 Å². The molecule has 1 aliphatic heterocycles. The maximum Gasteiger partial charge on any atom is 0.256 e. The number of rotatable bonds is 3. The van der Waals surface area contributed by atoms with Crippen molar-refractivity contribution in [2.75, 3.05) is 6.54 Å². The summed E-state index contributed by atoms with van der Waals surface area (Å²) in [5.41, 5.74) is -0.580. The lowest BCUT2D eigenvalue weighted by Gasteiger charge is -2.31. The lowest BCUT2D eigenvalue weighted by atomic mass is 10.1. The van der Waals surface area contributed by atoms with Crippen LogP contribution in [-0.2, 0) is 0 Å². The van der Waals surface area contributed by atoms with Crippen LogP contribution in [0, 0.1) is 17.5 Å². The molecule has 0 aliphatic carbocycles.